The topological polar surface area (TPSA) is 103 Å². The van der Waals surface area contributed by atoms with Gasteiger partial charge in [-0.2, -0.15) is 5.10 Å². The first-order chi connectivity index (χ1) is 16.9. The van der Waals surface area contributed by atoms with E-state index in [1.54, 1.807) is 28.9 Å². The largest absolute Gasteiger partial charge is 0.306 e. The number of carbonyl (C=O) groups excluding carboxylic acids is 1. The Hall–Kier alpha value is -4.37. The molecule has 0 fully saturated rings. The van der Waals surface area contributed by atoms with Crippen LogP contribution in [0.4, 0.5) is 11.5 Å². The summed E-state index contributed by atoms with van der Waals surface area (Å²) >= 11 is 3.45. The van der Waals surface area contributed by atoms with E-state index in [1.165, 1.54) is 12.1 Å². The minimum atomic E-state index is -0.460. The second kappa shape index (κ2) is 9.11. The van der Waals surface area contributed by atoms with Gasteiger partial charge in [0, 0.05) is 33.6 Å². The third-order valence-corrected chi connectivity index (χ3v) is 6.01. The quantitative estimate of drug-likeness (QED) is 0.213. The predicted molar refractivity (Wildman–Crippen MR) is 138 cm³/mol. The second-order valence-electron chi connectivity index (χ2n) is 7.89. The molecule has 9 heteroatoms. The number of non-ortho nitro benzene ring substituents is 1. The number of rotatable bonds is 5. The summed E-state index contributed by atoms with van der Waals surface area (Å²) in [5.41, 5.74) is 4.01. The van der Waals surface area contributed by atoms with E-state index < -0.39 is 4.92 Å². The van der Waals surface area contributed by atoms with Gasteiger partial charge < -0.3 is 5.32 Å². The van der Waals surface area contributed by atoms with Gasteiger partial charge in [-0.1, -0.05) is 46.3 Å². The lowest BCUT2D eigenvalue weighted by atomic mass is 10.0. The number of para-hydroxylation sites is 1. The SMILES string of the molecule is Cc1cc(NC(=O)c2cc(-c3ccc(Br)cc3)nc3ccccc23)n(-c2ccc([N+](=O)[O-])cc2)n1. The van der Waals surface area contributed by atoms with Crippen molar-refractivity contribution in [3.8, 4) is 16.9 Å². The summed E-state index contributed by atoms with van der Waals surface area (Å²) in [6.45, 7) is 1.81. The number of aromatic nitrogens is 3. The third-order valence-electron chi connectivity index (χ3n) is 5.48. The minimum absolute atomic E-state index is 0.0214. The number of nitro groups is 1. The van der Waals surface area contributed by atoms with Gasteiger partial charge in [0.25, 0.3) is 11.6 Å². The first-order valence-corrected chi connectivity index (χ1v) is 11.5. The molecule has 0 aliphatic carbocycles. The van der Waals surface area contributed by atoms with Crippen molar-refractivity contribution in [1.29, 1.82) is 0 Å². The van der Waals surface area contributed by atoms with Gasteiger partial charge in [0.05, 0.1) is 33.1 Å². The average molecular weight is 528 g/mol. The van der Waals surface area contributed by atoms with Crippen molar-refractivity contribution in [2.75, 3.05) is 5.32 Å². The molecule has 0 aliphatic rings. The summed E-state index contributed by atoms with van der Waals surface area (Å²) in [7, 11) is 0. The smallest absolute Gasteiger partial charge is 0.269 e. The Bertz CT molecular complexity index is 1580. The summed E-state index contributed by atoms with van der Waals surface area (Å²) in [5.74, 6) is 0.137. The number of carbonyl (C=O) groups is 1. The lowest BCUT2D eigenvalue weighted by Gasteiger charge is -2.12. The van der Waals surface area contributed by atoms with Crippen molar-refractivity contribution in [1.82, 2.24) is 14.8 Å². The van der Waals surface area contributed by atoms with Gasteiger partial charge >= 0.3 is 0 Å². The molecule has 2 heterocycles. The highest BCUT2D eigenvalue weighted by Gasteiger charge is 2.17. The van der Waals surface area contributed by atoms with Crippen LogP contribution in [0, 0.1) is 17.0 Å². The Morgan fingerprint density at radius 2 is 1.71 bits per heavy atom. The maximum atomic E-state index is 13.5. The van der Waals surface area contributed by atoms with Gasteiger partial charge in [0.15, 0.2) is 0 Å². The molecule has 0 aliphatic heterocycles. The maximum Gasteiger partial charge on any atom is 0.269 e. The summed E-state index contributed by atoms with van der Waals surface area (Å²) in [4.78, 5) is 28.8. The molecule has 0 radical (unpaired) electrons. The standard InChI is InChI=1S/C26H18BrN5O3/c1-16-14-25(31(30-16)19-10-12-20(13-11-19)32(34)35)29-26(33)22-15-24(17-6-8-18(27)9-7-17)28-23-5-3-2-4-21(22)23/h2-15H,1H3,(H,29,33). The van der Waals surface area contributed by atoms with Gasteiger partial charge in [0.2, 0.25) is 0 Å². The zero-order valence-electron chi connectivity index (χ0n) is 18.5. The fraction of sp³-hybridized carbons (Fsp3) is 0.0385. The molecule has 8 nitrogen and oxygen atoms in total. The highest BCUT2D eigenvalue weighted by atomic mass is 79.9. The molecule has 1 N–H and O–H groups in total. The zero-order valence-corrected chi connectivity index (χ0v) is 20.1. The number of amides is 1. The average Bonchev–Trinajstić information content (AvgIpc) is 3.23. The number of anilines is 1. The van der Waals surface area contributed by atoms with Crippen LogP contribution in [0.3, 0.4) is 0 Å². The van der Waals surface area contributed by atoms with Crippen molar-refractivity contribution in [3.05, 3.63) is 111 Å². The lowest BCUT2D eigenvalue weighted by molar-refractivity contribution is -0.384. The number of nitrogens with one attached hydrogen (secondary N) is 1. The van der Waals surface area contributed by atoms with E-state index in [2.05, 4.69) is 26.3 Å². The second-order valence-corrected chi connectivity index (χ2v) is 8.81. The zero-order chi connectivity index (χ0) is 24.5. The molecule has 1 amide bonds. The van der Waals surface area contributed by atoms with Crippen LogP contribution >= 0.6 is 15.9 Å². The Kier molecular flexibility index (Phi) is 5.84. The maximum absolute atomic E-state index is 13.5. The molecule has 3 aromatic carbocycles. The van der Waals surface area contributed by atoms with E-state index in [-0.39, 0.29) is 11.6 Å². The van der Waals surface area contributed by atoms with Crippen LogP contribution in [0.5, 0.6) is 0 Å². The van der Waals surface area contributed by atoms with Crippen LogP contribution in [0.2, 0.25) is 0 Å². The molecule has 0 bridgehead atoms. The Labute approximate surface area is 208 Å². The van der Waals surface area contributed by atoms with Gasteiger partial charge in [-0.3, -0.25) is 14.9 Å². The fourth-order valence-corrected chi connectivity index (χ4v) is 4.08. The van der Waals surface area contributed by atoms with Crippen molar-refractivity contribution < 1.29 is 9.72 Å². The molecular formula is C26H18BrN5O3. The van der Waals surface area contributed by atoms with E-state index in [1.807, 2.05) is 55.5 Å². The highest BCUT2D eigenvalue weighted by Crippen LogP contribution is 2.27. The van der Waals surface area contributed by atoms with Crippen LogP contribution < -0.4 is 5.32 Å². The number of nitrogens with zero attached hydrogens (tertiary/aromatic N) is 4. The number of aryl methyl sites for hydroxylation is 1. The third kappa shape index (κ3) is 4.53. The van der Waals surface area contributed by atoms with E-state index in [0.717, 1.165) is 15.4 Å². The molecule has 0 saturated heterocycles. The van der Waals surface area contributed by atoms with Crippen molar-refractivity contribution in [2.24, 2.45) is 0 Å². The van der Waals surface area contributed by atoms with Crippen molar-refractivity contribution in [3.63, 3.8) is 0 Å². The molecule has 0 saturated carbocycles. The van der Waals surface area contributed by atoms with E-state index in [9.17, 15) is 14.9 Å². The highest BCUT2D eigenvalue weighted by molar-refractivity contribution is 9.10. The number of nitro benzene ring substituents is 1. The van der Waals surface area contributed by atoms with E-state index in [0.29, 0.717) is 34.0 Å². The predicted octanol–water partition coefficient (Wildman–Crippen LogP) is 6.32. The Morgan fingerprint density at radius 1 is 1.00 bits per heavy atom. The molecule has 0 unspecified atom stereocenters. The van der Waals surface area contributed by atoms with Gasteiger partial charge in [-0.05, 0) is 43.3 Å². The van der Waals surface area contributed by atoms with Crippen LogP contribution in [0.25, 0.3) is 27.8 Å². The van der Waals surface area contributed by atoms with E-state index in [4.69, 9.17) is 4.98 Å². The molecule has 0 spiro atoms. The number of halogens is 1. The molecule has 0 atom stereocenters. The van der Waals surface area contributed by atoms with Crippen LogP contribution in [0.1, 0.15) is 16.1 Å². The minimum Gasteiger partial charge on any atom is -0.306 e. The number of hydrogen-bond donors (Lipinski definition) is 1. The number of benzene rings is 3. The van der Waals surface area contributed by atoms with Gasteiger partial charge in [-0.15, -0.1) is 0 Å². The van der Waals surface area contributed by atoms with Crippen LogP contribution in [-0.2, 0) is 0 Å². The molecule has 172 valence electrons. The molecule has 5 rings (SSSR count). The van der Waals surface area contributed by atoms with E-state index >= 15 is 0 Å². The molecule has 2 aromatic heterocycles. The first-order valence-electron chi connectivity index (χ1n) is 10.7. The molecule has 35 heavy (non-hydrogen) atoms. The number of hydrogen-bond acceptors (Lipinski definition) is 5. The van der Waals surface area contributed by atoms with Crippen LogP contribution in [-0.4, -0.2) is 25.6 Å². The first kappa shape index (κ1) is 22.4. The van der Waals surface area contributed by atoms with Gasteiger partial charge in [0.1, 0.15) is 5.82 Å². The number of fused-ring (bicyclic) bond motifs is 1. The lowest BCUT2D eigenvalue weighted by Crippen LogP contribution is -2.16. The van der Waals surface area contributed by atoms with Gasteiger partial charge in [-0.25, -0.2) is 9.67 Å². The normalized spacial score (nSPS) is 10.9. The molecular weight excluding hydrogens is 510 g/mol. The summed E-state index contributed by atoms with van der Waals surface area (Å²) in [6, 6.07) is 24.7. The Balaban J connectivity index is 1.54. The number of pyridine rings is 1. The summed E-state index contributed by atoms with van der Waals surface area (Å²) in [6.07, 6.45) is 0. The summed E-state index contributed by atoms with van der Waals surface area (Å²) < 4.78 is 2.51. The molecule has 5 aromatic rings. The monoisotopic (exact) mass is 527 g/mol. The van der Waals surface area contributed by atoms with Crippen molar-refractivity contribution in [2.45, 2.75) is 6.92 Å². The summed E-state index contributed by atoms with van der Waals surface area (Å²) in [5, 5.41) is 19.1. The fourth-order valence-electron chi connectivity index (χ4n) is 3.82. The van der Waals surface area contributed by atoms with Crippen LogP contribution in [0.15, 0.2) is 89.4 Å². The Morgan fingerprint density at radius 3 is 2.43 bits per heavy atom. The van der Waals surface area contributed by atoms with Crippen molar-refractivity contribution >= 4 is 44.2 Å².